The zero-order valence-corrected chi connectivity index (χ0v) is 10.4. The maximum absolute atomic E-state index is 12.0. The molecule has 0 saturated heterocycles. The van der Waals surface area contributed by atoms with E-state index in [2.05, 4.69) is 10.3 Å². The number of carbonyl (C=O) groups is 1. The molecule has 0 unspecified atom stereocenters. The van der Waals surface area contributed by atoms with Gasteiger partial charge < -0.3 is 10.3 Å². The average molecular weight is 253 g/mol. The number of anilines is 1. The quantitative estimate of drug-likeness (QED) is 0.823. The van der Waals surface area contributed by atoms with Crippen molar-refractivity contribution in [3.05, 3.63) is 59.4 Å². The van der Waals surface area contributed by atoms with Gasteiger partial charge in [0.1, 0.15) is 5.69 Å². The molecule has 1 aromatic heterocycles. The van der Waals surface area contributed by atoms with Gasteiger partial charge in [0.15, 0.2) is 0 Å². The molecule has 95 valence electrons. The Kier molecular flexibility index (Phi) is 3.93. The zero-order chi connectivity index (χ0) is 13.7. The molecule has 1 radical (unpaired) electrons. The number of amides is 1. The standard InChI is InChI=1S/C15H13N2O2/c1-11-7-8-16-14(11)15(19)17-13-6-2-4-12(10-13)5-3-9-18/h2-8,10,16H,1H3,(H,17,19)/b5-3+. The molecule has 19 heavy (non-hydrogen) atoms. The van der Waals surface area contributed by atoms with Crippen molar-refractivity contribution in [2.24, 2.45) is 0 Å². The highest BCUT2D eigenvalue weighted by Gasteiger charge is 2.09. The second kappa shape index (κ2) is 5.82. The van der Waals surface area contributed by atoms with Crippen LogP contribution in [-0.2, 0) is 4.79 Å². The topological polar surface area (TPSA) is 62.0 Å². The highest BCUT2D eigenvalue weighted by Crippen LogP contribution is 2.14. The number of benzene rings is 1. The van der Waals surface area contributed by atoms with Crippen molar-refractivity contribution in [1.82, 2.24) is 4.98 Å². The van der Waals surface area contributed by atoms with E-state index in [1.165, 1.54) is 6.08 Å². The minimum absolute atomic E-state index is 0.189. The molecule has 1 heterocycles. The lowest BCUT2D eigenvalue weighted by Gasteiger charge is -2.05. The van der Waals surface area contributed by atoms with E-state index in [0.717, 1.165) is 11.1 Å². The summed E-state index contributed by atoms with van der Waals surface area (Å²) in [4.78, 5) is 25.0. The number of hydrogen-bond donors (Lipinski definition) is 2. The van der Waals surface area contributed by atoms with Crippen LogP contribution in [0.1, 0.15) is 21.6 Å². The fourth-order valence-electron chi connectivity index (χ4n) is 1.74. The number of allylic oxidation sites excluding steroid dienone is 1. The van der Waals surface area contributed by atoms with E-state index in [4.69, 9.17) is 0 Å². The summed E-state index contributed by atoms with van der Waals surface area (Å²) in [7, 11) is 0. The molecule has 4 nitrogen and oxygen atoms in total. The second-order valence-corrected chi connectivity index (χ2v) is 4.07. The van der Waals surface area contributed by atoms with Gasteiger partial charge in [-0.2, -0.15) is 0 Å². The summed E-state index contributed by atoms with van der Waals surface area (Å²) in [5.41, 5.74) is 2.93. The molecule has 0 bridgehead atoms. The lowest BCUT2D eigenvalue weighted by Crippen LogP contribution is -2.13. The van der Waals surface area contributed by atoms with Crippen molar-refractivity contribution >= 4 is 24.0 Å². The van der Waals surface area contributed by atoms with Crippen LogP contribution < -0.4 is 5.32 Å². The normalized spacial score (nSPS) is 10.6. The van der Waals surface area contributed by atoms with Crippen molar-refractivity contribution in [3.8, 4) is 0 Å². The Morgan fingerprint density at radius 2 is 2.21 bits per heavy atom. The summed E-state index contributed by atoms with van der Waals surface area (Å²) in [6.07, 6.45) is 6.32. The Labute approximate surface area is 111 Å². The van der Waals surface area contributed by atoms with Crippen LogP contribution in [0.2, 0.25) is 0 Å². The molecule has 0 aliphatic carbocycles. The Morgan fingerprint density at radius 1 is 1.37 bits per heavy atom. The first kappa shape index (κ1) is 12.8. The summed E-state index contributed by atoms with van der Waals surface area (Å²) in [6, 6.07) is 9.06. The van der Waals surface area contributed by atoms with E-state index in [9.17, 15) is 9.59 Å². The van der Waals surface area contributed by atoms with Crippen LogP contribution >= 0.6 is 0 Å². The van der Waals surface area contributed by atoms with E-state index in [-0.39, 0.29) is 5.91 Å². The zero-order valence-electron chi connectivity index (χ0n) is 10.4. The van der Waals surface area contributed by atoms with Gasteiger partial charge in [-0.05, 0) is 42.3 Å². The predicted octanol–water partition coefficient (Wildman–Crippen LogP) is 2.70. The Hall–Kier alpha value is -2.62. The summed E-state index contributed by atoms with van der Waals surface area (Å²) >= 11 is 0. The second-order valence-electron chi connectivity index (χ2n) is 4.07. The van der Waals surface area contributed by atoms with Crippen LogP contribution in [0.25, 0.3) is 6.08 Å². The number of nitrogens with one attached hydrogen (secondary N) is 2. The minimum Gasteiger partial charge on any atom is -0.357 e. The third-order valence-electron chi connectivity index (χ3n) is 2.67. The maximum Gasteiger partial charge on any atom is 0.272 e. The average Bonchev–Trinajstić information content (AvgIpc) is 2.83. The van der Waals surface area contributed by atoms with Crippen molar-refractivity contribution in [1.29, 1.82) is 0 Å². The first-order chi connectivity index (χ1) is 9.20. The largest absolute Gasteiger partial charge is 0.357 e. The Balaban J connectivity index is 2.15. The highest BCUT2D eigenvalue weighted by atomic mass is 16.1. The van der Waals surface area contributed by atoms with Crippen LogP contribution in [0.4, 0.5) is 5.69 Å². The summed E-state index contributed by atoms with van der Waals surface area (Å²) in [5, 5.41) is 2.80. The number of carbonyl (C=O) groups excluding carboxylic acids is 2. The van der Waals surface area contributed by atoms with E-state index in [1.807, 2.05) is 25.1 Å². The first-order valence-electron chi connectivity index (χ1n) is 5.80. The fourth-order valence-corrected chi connectivity index (χ4v) is 1.74. The molecule has 0 fully saturated rings. The SMILES string of the molecule is Cc1cc[nH]c1C(=O)Nc1cccc(/C=C/[C]=O)c1. The molecule has 0 aliphatic heterocycles. The molecule has 2 rings (SSSR count). The van der Waals surface area contributed by atoms with Gasteiger partial charge in [0.05, 0.1) is 0 Å². The van der Waals surface area contributed by atoms with Crippen LogP contribution in [0.15, 0.2) is 42.6 Å². The number of aromatic nitrogens is 1. The molecule has 0 spiro atoms. The molecular formula is C15H13N2O2. The van der Waals surface area contributed by atoms with Gasteiger partial charge in [-0.25, -0.2) is 0 Å². The van der Waals surface area contributed by atoms with Gasteiger partial charge >= 0.3 is 0 Å². The number of H-pyrrole nitrogens is 1. The highest BCUT2D eigenvalue weighted by molar-refractivity contribution is 6.04. The molecular weight excluding hydrogens is 240 g/mol. The van der Waals surface area contributed by atoms with Crippen LogP contribution in [0.3, 0.4) is 0 Å². The van der Waals surface area contributed by atoms with Crippen molar-refractivity contribution in [2.75, 3.05) is 5.32 Å². The summed E-state index contributed by atoms with van der Waals surface area (Å²) in [6.45, 7) is 1.87. The Bertz CT molecular complexity index is 627. The van der Waals surface area contributed by atoms with Gasteiger partial charge in [-0.3, -0.25) is 9.59 Å². The van der Waals surface area contributed by atoms with Gasteiger partial charge in [0.2, 0.25) is 6.29 Å². The molecule has 1 aromatic carbocycles. The molecule has 0 saturated carbocycles. The summed E-state index contributed by atoms with van der Waals surface area (Å²) < 4.78 is 0. The molecule has 1 amide bonds. The van der Waals surface area contributed by atoms with E-state index in [1.54, 1.807) is 30.7 Å². The monoisotopic (exact) mass is 253 g/mol. The molecule has 2 N–H and O–H groups in total. The number of rotatable bonds is 4. The van der Waals surface area contributed by atoms with Crippen LogP contribution in [0.5, 0.6) is 0 Å². The Morgan fingerprint density at radius 3 is 2.89 bits per heavy atom. The van der Waals surface area contributed by atoms with Gasteiger partial charge in [-0.1, -0.05) is 18.2 Å². The predicted molar refractivity (Wildman–Crippen MR) is 74.7 cm³/mol. The van der Waals surface area contributed by atoms with Crippen molar-refractivity contribution in [2.45, 2.75) is 6.92 Å². The van der Waals surface area contributed by atoms with Crippen molar-refractivity contribution < 1.29 is 9.59 Å². The van der Waals surface area contributed by atoms with Gasteiger partial charge in [0.25, 0.3) is 5.91 Å². The lowest BCUT2D eigenvalue weighted by molar-refractivity contribution is 0.102. The summed E-state index contributed by atoms with van der Waals surface area (Å²) in [5.74, 6) is -0.189. The molecule has 0 aliphatic rings. The maximum atomic E-state index is 12.0. The minimum atomic E-state index is -0.189. The number of aromatic amines is 1. The third-order valence-corrected chi connectivity index (χ3v) is 2.67. The van der Waals surface area contributed by atoms with Gasteiger partial charge in [-0.15, -0.1) is 0 Å². The lowest BCUT2D eigenvalue weighted by atomic mass is 10.2. The fraction of sp³-hybridized carbons (Fsp3) is 0.0667. The van der Waals surface area contributed by atoms with E-state index in [0.29, 0.717) is 11.4 Å². The van der Waals surface area contributed by atoms with Gasteiger partial charge in [0, 0.05) is 11.9 Å². The van der Waals surface area contributed by atoms with E-state index < -0.39 is 0 Å². The van der Waals surface area contributed by atoms with Crippen LogP contribution in [-0.4, -0.2) is 17.2 Å². The number of hydrogen-bond acceptors (Lipinski definition) is 2. The van der Waals surface area contributed by atoms with E-state index >= 15 is 0 Å². The first-order valence-corrected chi connectivity index (χ1v) is 5.80. The molecule has 2 aromatic rings. The van der Waals surface area contributed by atoms with Crippen molar-refractivity contribution in [3.63, 3.8) is 0 Å². The third kappa shape index (κ3) is 3.19. The molecule has 0 atom stereocenters. The van der Waals surface area contributed by atoms with Crippen LogP contribution in [0, 0.1) is 6.92 Å². The number of aryl methyl sites for hydroxylation is 1. The smallest absolute Gasteiger partial charge is 0.272 e. The molecule has 4 heteroatoms.